The van der Waals surface area contributed by atoms with Gasteiger partial charge in [-0.3, -0.25) is 9.78 Å². The monoisotopic (exact) mass is 699 g/mol. The molecule has 0 amide bonds. The van der Waals surface area contributed by atoms with E-state index in [-0.39, 0.29) is 37.3 Å². The summed E-state index contributed by atoms with van der Waals surface area (Å²) in [6.45, 7) is 14.1. The molecule has 0 fully saturated rings. The van der Waals surface area contributed by atoms with Crippen LogP contribution in [0, 0.1) is 6.07 Å². The summed E-state index contributed by atoms with van der Waals surface area (Å²) >= 11 is 1.76. The summed E-state index contributed by atoms with van der Waals surface area (Å²) in [6, 6.07) is 25.4. The fraction of sp³-hybridized carbons (Fsp3) is 0.273. The molecule has 0 atom stereocenters. The molecule has 0 aliphatic rings. The van der Waals surface area contributed by atoms with Crippen LogP contribution in [0.3, 0.4) is 0 Å². The maximum absolute atomic E-state index is 10.5. The van der Waals surface area contributed by atoms with Crippen molar-refractivity contribution in [2.45, 2.75) is 59.9 Å². The molecule has 5 heteroatoms. The molecule has 1 radical (unpaired) electrons. The molecular formula is C33H34IrN2OS-2. The molecule has 0 saturated heterocycles. The van der Waals surface area contributed by atoms with E-state index < -0.39 is 0 Å². The summed E-state index contributed by atoms with van der Waals surface area (Å²) in [6.07, 6.45) is 1.54. The fourth-order valence-electron chi connectivity index (χ4n) is 4.57. The molecule has 5 rings (SSSR count). The second-order valence-corrected chi connectivity index (χ2v) is 11.6. The van der Waals surface area contributed by atoms with Crippen LogP contribution >= 0.6 is 11.3 Å². The zero-order valence-electron chi connectivity index (χ0n) is 23.0. The molecule has 0 spiro atoms. The quantitative estimate of drug-likeness (QED) is 0.139. The first-order chi connectivity index (χ1) is 17.5. The molecule has 0 aliphatic carbocycles. The molecule has 2 heterocycles. The summed E-state index contributed by atoms with van der Waals surface area (Å²) in [4.78, 5) is 15.6. The molecule has 199 valence electrons. The smallest absolute Gasteiger partial charge is 0.151 e. The molecule has 0 bridgehead atoms. The topological polar surface area (TPSA) is 44.1 Å². The van der Waals surface area contributed by atoms with Crippen molar-refractivity contribution in [3.05, 3.63) is 94.8 Å². The molecule has 5 aromatic rings. The molecule has 0 saturated carbocycles. The molecule has 3 nitrogen and oxygen atoms in total. The summed E-state index contributed by atoms with van der Waals surface area (Å²) < 4.78 is 1.24. The van der Waals surface area contributed by atoms with E-state index in [0.29, 0.717) is 0 Å². The van der Waals surface area contributed by atoms with E-state index in [1.807, 2.05) is 20.8 Å². The van der Waals surface area contributed by atoms with Crippen LogP contribution in [0.4, 0.5) is 0 Å². The van der Waals surface area contributed by atoms with Gasteiger partial charge >= 0.3 is 0 Å². The third kappa shape index (κ3) is 6.77. The van der Waals surface area contributed by atoms with Crippen molar-refractivity contribution in [1.29, 1.82) is 0 Å². The van der Waals surface area contributed by atoms with Crippen molar-refractivity contribution in [3.63, 3.8) is 0 Å². The van der Waals surface area contributed by atoms with Gasteiger partial charge in [0.2, 0.25) is 0 Å². The number of hydrogen-bond donors (Lipinski definition) is 0. The number of nitrogens with zero attached hydrogens (tertiary/aromatic N) is 2. The number of thiophene rings is 1. The second-order valence-electron chi connectivity index (χ2n) is 10.7. The van der Waals surface area contributed by atoms with Gasteiger partial charge in [0.1, 0.15) is 0 Å². The summed E-state index contributed by atoms with van der Waals surface area (Å²) in [5.74, 6) is 0.0573. The van der Waals surface area contributed by atoms with Gasteiger partial charge in [0, 0.05) is 35.9 Å². The zero-order chi connectivity index (χ0) is 26.7. The van der Waals surface area contributed by atoms with Crippen molar-refractivity contribution in [1.82, 2.24) is 4.98 Å². The van der Waals surface area contributed by atoms with E-state index in [0.717, 1.165) is 27.9 Å². The Morgan fingerprint density at radius 1 is 0.974 bits per heavy atom. The minimum absolute atomic E-state index is 0. The average molecular weight is 699 g/mol. The third-order valence-electron chi connectivity index (χ3n) is 6.02. The fourth-order valence-corrected chi connectivity index (χ4v) is 5.49. The summed E-state index contributed by atoms with van der Waals surface area (Å²) in [5.41, 5.74) is 5.35. The van der Waals surface area contributed by atoms with E-state index in [1.54, 1.807) is 17.4 Å². The summed E-state index contributed by atoms with van der Waals surface area (Å²) in [7, 11) is 0. The minimum atomic E-state index is 0. The van der Waals surface area contributed by atoms with Crippen molar-refractivity contribution in [3.8, 4) is 11.3 Å². The maximum atomic E-state index is 10.5. The SMILES string of the molecule is CC(=O)/C=C(/C)[N-]C(C)C.CC(C)(C)c1cc(-c2nc3ccccc3c3ccsc23)[c-]c2ccccc12.[Ir]. The van der Waals surface area contributed by atoms with Gasteiger partial charge in [-0.2, -0.15) is 5.70 Å². The molecular weight excluding hydrogens is 665 g/mol. The van der Waals surface area contributed by atoms with Crippen LogP contribution in [0.5, 0.6) is 0 Å². The Balaban J connectivity index is 0.000000314. The number of carbonyl (C=O) groups excluding carboxylic acids is 1. The Labute approximate surface area is 243 Å². The Kier molecular flexibility index (Phi) is 9.64. The first-order valence-corrected chi connectivity index (χ1v) is 13.5. The van der Waals surface area contributed by atoms with Gasteiger partial charge in [-0.05, 0) is 41.3 Å². The van der Waals surface area contributed by atoms with Crippen LogP contribution in [0.15, 0.2) is 77.8 Å². The average Bonchev–Trinajstić information content (AvgIpc) is 3.32. The van der Waals surface area contributed by atoms with E-state index in [4.69, 9.17) is 4.98 Å². The maximum Gasteiger partial charge on any atom is 0.151 e. The van der Waals surface area contributed by atoms with Gasteiger partial charge < -0.3 is 5.32 Å². The molecule has 2 aromatic heterocycles. The predicted molar refractivity (Wildman–Crippen MR) is 161 cm³/mol. The minimum Gasteiger partial charge on any atom is -0.686 e. The molecule has 38 heavy (non-hydrogen) atoms. The van der Waals surface area contributed by atoms with Crippen LogP contribution in [0.25, 0.3) is 48.3 Å². The number of benzene rings is 3. The van der Waals surface area contributed by atoms with E-state index in [1.165, 1.54) is 33.3 Å². The number of hydrogen-bond acceptors (Lipinski definition) is 3. The van der Waals surface area contributed by atoms with Crippen molar-refractivity contribution in [2.24, 2.45) is 0 Å². The second kappa shape index (κ2) is 12.3. The Bertz CT molecular complexity index is 1610. The number of ketones is 1. The number of carbonyl (C=O) groups is 1. The van der Waals surface area contributed by atoms with Crippen LogP contribution in [0.1, 0.15) is 54.0 Å². The Morgan fingerprint density at radius 2 is 1.63 bits per heavy atom. The van der Waals surface area contributed by atoms with Gasteiger partial charge in [-0.1, -0.05) is 88.9 Å². The number of allylic oxidation sites excluding steroid dienone is 2. The van der Waals surface area contributed by atoms with Crippen LogP contribution in [-0.4, -0.2) is 16.8 Å². The predicted octanol–water partition coefficient (Wildman–Crippen LogP) is 9.63. The van der Waals surface area contributed by atoms with Gasteiger partial charge in [-0.25, -0.2) is 0 Å². The normalized spacial score (nSPS) is 11.8. The largest absolute Gasteiger partial charge is 0.686 e. The first kappa shape index (κ1) is 29.7. The van der Waals surface area contributed by atoms with Crippen molar-refractivity contribution >= 4 is 48.9 Å². The molecule has 0 aliphatic heterocycles. The van der Waals surface area contributed by atoms with Gasteiger partial charge in [0.05, 0.1) is 5.52 Å². The standard InChI is InChI=1S/C25H20NS.C8H15NO.Ir/c1-25(2,3)21-15-17(14-16-8-4-5-9-18(16)21)23-24-20(12-13-27-24)19-10-6-7-11-22(19)26-23;1-6(2)9-7(3)5-8(4)10;/h4-13,15H,1-3H3;5-6H,1-4H3,(H,9,10);/q-1;;/p-1. The van der Waals surface area contributed by atoms with E-state index in [2.05, 4.69) is 98.2 Å². The number of fused-ring (bicyclic) bond motifs is 4. The van der Waals surface area contributed by atoms with Gasteiger partial charge in [-0.15, -0.1) is 46.5 Å². The van der Waals surface area contributed by atoms with Crippen molar-refractivity contribution in [2.75, 3.05) is 0 Å². The van der Waals surface area contributed by atoms with Crippen LogP contribution in [-0.2, 0) is 30.3 Å². The van der Waals surface area contributed by atoms with Gasteiger partial charge in [0.25, 0.3) is 0 Å². The summed E-state index contributed by atoms with van der Waals surface area (Å²) in [5, 5.41) is 11.2. The van der Waals surface area contributed by atoms with Crippen molar-refractivity contribution < 1.29 is 24.9 Å². The number of pyridine rings is 1. The molecule has 0 N–H and O–H groups in total. The Hall–Kier alpha value is -2.85. The van der Waals surface area contributed by atoms with E-state index >= 15 is 0 Å². The van der Waals surface area contributed by atoms with E-state index in [9.17, 15) is 4.79 Å². The molecule has 0 unspecified atom stereocenters. The molecule has 3 aromatic carbocycles. The third-order valence-corrected chi connectivity index (χ3v) is 6.94. The number of aromatic nitrogens is 1. The van der Waals surface area contributed by atoms with Crippen LogP contribution < -0.4 is 0 Å². The number of para-hydroxylation sites is 1. The Morgan fingerprint density at radius 3 is 2.29 bits per heavy atom. The van der Waals surface area contributed by atoms with Gasteiger partial charge in [0.15, 0.2) is 5.78 Å². The first-order valence-electron chi connectivity index (χ1n) is 12.7. The van der Waals surface area contributed by atoms with Crippen LogP contribution in [0.2, 0.25) is 0 Å². The number of rotatable bonds is 4. The zero-order valence-corrected chi connectivity index (χ0v) is 26.3.